The first-order valence-electron chi connectivity index (χ1n) is 7.11. The lowest BCUT2D eigenvalue weighted by Gasteiger charge is -2.28. The number of carbonyl (C=O) groups excluding carboxylic acids is 1. The standard InChI is InChI=1S/C16H17Cl2N3O/c1-16(2,3)21-15-10(8-19-21)9(7-13(22)20-15)14-11(17)5-4-6-12(14)18/h4-6,8-9H,7H2,1-3H3,(H,20,22). The Balaban J connectivity index is 2.18. The van der Waals surface area contributed by atoms with Crippen molar-refractivity contribution >= 4 is 34.9 Å². The number of benzene rings is 1. The first kappa shape index (κ1) is 15.4. The van der Waals surface area contributed by atoms with E-state index in [2.05, 4.69) is 10.4 Å². The van der Waals surface area contributed by atoms with Crippen LogP contribution in [0.25, 0.3) is 0 Å². The molecular weight excluding hydrogens is 321 g/mol. The highest BCUT2D eigenvalue weighted by Gasteiger charge is 2.34. The Morgan fingerprint density at radius 3 is 2.50 bits per heavy atom. The molecule has 1 amide bonds. The molecule has 0 aliphatic carbocycles. The molecule has 0 saturated carbocycles. The maximum Gasteiger partial charge on any atom is 0.226 e. The van der Waals surface area contributed by atoms with Crippen LogP contribution in [0.2, 0.25) is 10.0 Å². The largest absolute Gasteiger partial charge is 0.311 e. The van der Waals surface area contributed by atoms with Gasteiger partial charge in [-0.15, -0.1) is 0 Å². The fourth-order valence-electron chi connectivity index (χ4n) is 2.83. The van der Waals surface area contributed by atoms with E-state index in [9.17, 15) is 4.79 Å². The van der Waals surface area contributed by atoms with Crippen molar-refractivity contribution in [3.05, 3.63) is 45.6 Å². The zero-order valence-electron chi connectivity index (χ0n) is 12.7. The summed E-state index contributed by atoms with van der Waals surface area (Å²) in [5, 5.41) is 8.53. The van der Waals surface area contributed by atoms with E-state index in [1.54, 1.807) is 24.4 Å². The quantitative estimate of drug-likeness (QED) is 0.837. The van der Waals surface area contributed by atoms with Gasteiger partial charge in [0.05, 0.1) is 11.7 Å². The Hall–Kier alpha value is -1.52. The predicted molar refractivity (Wildman–Crippen MR) is 88.8 cm³/mol. The topological polar surface area (TPSA) is 46.9 Å². The van der Waals surface area contributed by atoms with Gasteiger partial charge < -0.3 is 5.32 Å². The molecule has 1 unspecified atom stereocenters. The molecule has 4 nitrogen and oxygen atoms in total. The summed E-state index contributed by atoms with van der Waals surface area (Å²) < 4.78 is 1.83. The number of hydrogen-bond acceptors (Lipinski definition) is 2. The van der Waals surface area contributed by atoms with E-state index >= 15 is 0 Å². The molecule has 0 bridgehead atoms. The molecule has 3 rings (SSSR count). The van der Waals surface area contributed by atoms with Crippen molar-refractivity contribution in [3.8, 4) is 0 Å². The lowest BCUT2D eigenvalue weighted by Crippen LogP contribution is -2.30. The van der Waals surface area contributed by atoms with E-state index in [4.69, 9.17) is 23.2 Å². The number of nitrogens with zero attached hydrogens (tertiary/aromatic N) is 2. The van der Waals surface area contributed by atoms with Crippen molar-refractivity contribution in [2.45, 2.75) is 38.6 Å². The van der Waals surface area contributed by atoms with E-state index in [0.29, 0.717) is 16.5 Å². The average molecular weight is 338 g/mol. The van der Waals surface area contributed by atoms with Gasteiger partial charge in [-0.1, -0.05) is 29.3 Å². The number of nitrogens with one attached hydrogen (secondary N) is 1. The van der Waals surface area contributed by atoms with Crippen molar-refractivity contribution < 1.29 is 4.79 Å². The maximum atomic E-state index is 12.2. The van der Waals surface area contributed by atoms with Crippen LogP contribution in [-0.4, -0.2) is 15.7 Å². The Morgan fingerprint density at radius 2 is 1.91 bits per heavy atom. The molecule has 0 spiro atoms. The van der Waals surface area contributed by atoms with E-state index in [0.717, 1.165) is 16.9 Å². The van der Waals surface area contributed by atoms with E-state index < -0.39 is 0 Å². The molecule has 1 atom stereocenters. The van der Waals surface area contributed by atoms with E-state index in [1.165, 1.54) is 0 Å². The predicted octanol–water partition coefficient (Wildman–Crippen LogP) is 4.42. The molecule has 116 valence electrons. The van der Waals surface area contributed by atoms with Crippen LogP contribution in [0, 0.1) is 0 Å². The number of anilines is 1. The van der Waals surface area contributed by atoms with Gasteiger partial charge in [0.25, 0.3) is 0 Å². The van der Waals surface area contributed by atoms with Gasteiger partial charge in [-0.25, -0.2) is 4.68 Å². The number of rotatable bonds is 1. The van der Waals surface area contributed by atoms with Crippen molar-refractivity contribution in [1.29, 1.82) is 0 Å². The minimum Gasteiger partial charge on any atom is -0.311 e. The molecular formula is C16H17Cl2N3O. The molecule has 1 aliphatic heterocycles. The van der Waals surface area contributed by atoms with Crippen molar-refractivity contribution in [1.82, 2.24) is 9.78 Å². The lowest BCUT2D eigenvalue weighted by molar-refractivity contribution is -0.116. The Bertz CT molecular complexity index is 726. The van der Waals surface area contributed by atoms with Gasteiger partial charge in [0.1, 0.15) is 5.82 Å². The van der Waals surface area contributed by atoms with Crippen molar-refractivity contribution in [3.63, 3.8) is 0 Å². The fourth-order valence-corrected chi connectivity index (χ4v) is 3.49. The zero-order valence-corrected chi connectivity index (χ0v) is 14.2. The van der Waals surface area contributed by atoms with Gasteiger partial charge >= 0.3 is 0 Å². The van der Waals surface area contributed by atoms with Gasteiger partial charge in [0.2, 0.25) is 5.91 Å². The van der Waals surface area contributed by atoms with Crippen molar-refractivity contribution in [2.24, 2.45) is 0 Å². The molecule has 2 heterocycles. The molecule has 0 saturated heterocycles. The first-order valence-corrected chi connectivity index (χ1v) is 7.87. The van der Waals surface area contributed by atoms with Crippen LogP contribution >= 0.6 is 23.2 Å². The number of fused-ring (bicyclic) bond motifs is 1. The second-order valence-electron chi connectivity index (χ2n) is 6.47. The number of amides is 1. The monoisotopic (exact) mass is 337 g/mol. The van der Waals surface area contributed by atoms with Crippen molar-refractivity contribution in [2.75, 3.05) is 5.32 Å². The van der Waals surface area contributed by atoms with Gasteiger partial charge in [-0.3, -0.25) is 4.79 Å². The summed E-state index contributed by atoms with van der Waals surface area (Å²) in [6.07, 6.45) is 2.11. The zero-order chi connectivity index (χ0) is 16.1. The van der Waals surface area contributed by atoms with Gasteiger partial charge in [-0.05, 0) is 38.5 Å². The third kappa shape index (κ3) is 2.50. The molecule has 1 aliphatic rings. The SMILES string of the molecule is CC(C)(C)n1ncc2c1NC(=O)CC2c1c(Cl)cccc1Cl. The highest BCUT2D eigenvalue weighted by atomic mass is 35.5. The van der Waals surface area contributed by atoms with Crippen LogP contribution in [0.15, 0.2) is 24.4 Å². The molecule has 6 heteroatoms. The minimum absolute atomic E-state index is 0.0560. The van der Waals surface area contributed by atoms with E-state index in [1.807, 2.05) is 25.5 Å². The molecule has 2 aromatic rings. The molecule has 1 N–H and O–H groups in total. The Kier molecular flexibility index (Phi) is 3.69. The number of aromatic nitrogens is 2. The smallest absolute Gasteiger partial charge is 0.226 e. The molecule has 0 radical (unpaired) electrons. The third-order valence-electron chi connectivity index (χ3n) is 3.80. The van der Waals surface area contributed by atoms with Gasteiger partial charge in [-0.2, -0.15) is 5.10 Å². The third-order valence-corrected chi connectivity index (χ3v) is 4.46. The molecule has 1 aromatic heterocycles. The second kappa shape index (κ2) is 5.28. The van der Waals surface area contributed by atoms with Crippen LogP contribution in [0.5, 0.6) is 0 Å². The molecule has 22 heavy (non-hydrogen) atoms. The lowest BCUT2D eigenvalue weighted by atomic mass is 9.87. The average Bonchev–Trinajstić information content (AvgIpc) is 2.81. The summed E-state index contributed by atoms with van der Waals surface area (Å²) in [6.45, 7) is 6.12. The maximum absolute atomic E-state index is 12.2. The normalized spacial score (nSPS) is 18.0. The Labute approximate surface area is 139 Å². The highest BCUT2D eigenvalue weighted by molar-refractivity contribution is 6.36. The second-order valence-corrected chi connectivity index (χ2v) is 7.29. The summed E-state index contributed by atoms with van der Waals surface area (Å²) in [4.78, 5) is 12.2. The fraction of sp³-hybridized carbons (Fsp3) is 0.375. The Morgan fingerprint density at radius 1 is 1.27 bits per heavy atom. The number of halogens is 2. The van der Waals surface area contributed by atoms with Gasteiger partial charge in [0, 0.05) is 27.9 Å². The van der Waals surface area contributed by atoms with Crippen LogP contribution < -0.4 is 5.32 Å². The summed E-state index contributed by atoms with van der Waals surface area (Å²) >= 11 is 12.7. The van der Waals surface area contributed by atoms with Crippen LogP contribution in [0.3, 0.4) is 0 Å². The first-order chi connectivity index (χ1) is 10.3. The summed E-state index contributed by atoms with van der Waals surface area (Å²) in [7, 11) is 0. The minimum atomic E-state index is -0.229. The van der Waals surface area contributed by atoms with Crippen LogP contribution in [0.4, 0.5) is 5.82 Å². The number of hydrogen-bond donors (Lipinski definition) is 1. The van der Waals surface area contributed by atoms with E-state index in [-0.39, 0.29) is 17.4 Å². The van der Waals surface area contributed by atoms with Gasteiger partial charge in [0.15, 0.2) is 0 Å². The summed E-state index contributed by atoms with van der Waals surface area (Å²) in [5.41, 5.74) is 1.51. The number of carbonyl (C=O) groups is 1. The highest BCUT2D eigenvalue weighted by Crippen LogP contribution is 2.43. The van der Waals surface area contributed by atoms with Crippen LogP contribution in [-0.2, 0) is 10.3 Å². The molecule has 1 aromatic carbocycles. The molecule has 0 fully saturated rings. The van der Waals surface area contributed by atoms with Crippen LogP contribution in [0.1, 0.15) is 44.2 Å². The summed E-state index contributed by atoms with van der Waals surface area (Å²) in [6, 6.07) is 5.39. The summed E-state index contributed by atoms with van der Waals surface area (Å²) in [5.74, 6) is 0.491.